The predicted molar refractivity (Wildman–Crippen MR) is 96.6 cm³/mol. The molecule has 0 bridgehead atoms. The van der Waals surface area contributed by atoms with Gasteiger partial charge in [-0.3, -0.25) is 9.36 Å². The molecule has 0 saturated carbocycles. The van der Waals surface area contributed by atoms with Crippen molar-refractivity contribution < 1.29 is 13.6 Å². The maximum absolute atomic E-state index is 13.0. The van der Waals surface area contributed by atoms with Gasteiger partial charge in [0.2, 0.25) is 0 Å². The predicted octanol–water partition coefficient (Wildman–Crippen LogP) is 3.60. The number of aromatic nitrogens is 3. The molecule has 0 saturated heterocycles. The second-order valence-corrected chi connectivity index (χ2v) is 5.85. The number of halogens is 1. The van der Waals surface area contributed by atoms with E-state index in [1.54, 1.807) is 53.8 Å². The highest BCUT2D eigenvalue weighted by atomic mass is 19.1. The van der Waals surface area contributed by atoms with Crippen LogP contribution >= 0.6 is 0 Å². The van der Waals surface area contributed by atoms with Gasteiger partial charge < -0.3 is 9.73 Å². The number of carbonyl (C=O) groups is 1. The summed E-state index contributed by atoms with van der Waals surface area (Å²) in [5.74, 6) is 0.791. The van der Waals surface area contributed by atoms with Gasteiger partial charge in [0.25, 0.3) is 5.91 Å². The maximum Gasteiger partial charge on any atom is 0.287 e. The molecule has 0 aliphatic heterocycles. The normalized spacial score (nSPS) is 10.7. The number of imidazole rings is 1. The monoisotopic (exact) mass is 362 g/mol. The van der Waals surface area contributed by atoms with Crippen molar-refractivity contribution in [1.82, 2.24) is 19.9 Å². The summed E-state index contributed by atoms with van der Waals surface area (Å²) in [5, 5.41) is 2.79. The standard InChI is InChI=1S/C20H15FN4O2/c21-16-4-2-15(3-5-16)17-6-7-18(27-17)20(26)24-12-14-1-8-19(23-11-14)25-10-9-22-13-25/h1-11,13H,12H2,(H,24,26). The van der Waals surface area contributed by atoms with Gasteiger partial charge in [-0.25, -0.2) is 14.4 Å². The fraction of sp³-hybridized carbons (Fsp3) is 0.0500. The van der Waals surface area contributed by atoms with E-state index in [0.29, 0.717) is 17.9 Å². The molecule has 0 radical (unpaired) electrons. The number of carbonyl (C=O) groups excluding carboxylic acids is 1. The van der Waals surface area contributed by atoms with E-state index in [2.05, 4.69) is 15.3 Å². The van der Waals surface area contributed by atoms with E-state index in [4.69, 9.17) is 4.42 Å². The van der Waals surface area contributed by atoms with Crippen molar-refractivity contribution in [3.63, 3.8) is 0 Å². The van der Waals surface area contributed by atoms with E-state index in [1.165, 1.54) is 12.1 Å². The number of pyridine rings is 1. The molecule has 27 heavy (non-hydrogen) atoms. The molecule has 0 unspecified atom stereocenters. The molecule has 0 atom stereocenters. The van der Waals surface area contributed by atoms with Gasteiger partial charge in [0, 0.05) is 30.7 Å². The number of nitrogens with one attached hydrogen (secondary N) is 1. The lowest BCUT2D eigenvalue weighted by atomic mass is 10.2. The lowest BCUT2D eigenvalue weighted by Crippen LogP contribution is -2.22. The third kappa shape index (κ3) is 3.77. The van der Waals surface area contributed by atoms with Crippen LogP contribution in [0.4, 0.5) is 4.39 Å². The molecule has 3 aromatic heterocycles. The summed E-state index contributed by atoms with van der Waals surface area (Å²) < 4.78 is 20.4. The highest BCUT2D eigenvalue weighted by molar-refractivity contribution is 5.92. The van der Waals surface area contributed by atoms with Crippen LogP contribution in [-0.2, 0) is 6.54 Å². The Labute approximate surface area is 154 Å². The highest BCUT2D eigenvalue weighted by Crippen LogP contribution is 2.22. The third-order valence-corrected chi connectivity index (χ3v) is 3.99. The lowest BCUT2D eigenvalue weighted by molar-refractivity contribution is 0.0924. The number of furan rings is 1. The van der Waals surface area contributed by atoms with E-state index >= 15 is 0 Å². The Morgan fingerprint density at radius 2 is 1.96 bits per heavy atom. The molecule has 0 fully saturated rings. The third-order valence-electron chi connectivity index (χ3n) is 3.99. The minimum atomic E-state index is -0.331. The van der Waals surface area contributed by atoms with Crippen molar-refractivity contribution in [2.45, 2.75) is 6.54 Å². The van der Waals surface area contributed by atoms with Crippen LogP contribution in [0.15, 0.2) is 77.9 Å². The van der Waals surface area contributed by atoms with Gasteiger partial charge in [0.1, 0.15) is 23.7 Å². The minimum Gasteiger partial charge on any atom is -0.451 e. The molecule has 0 spiro atoms. The molecule has 6 nitrogen and oxygen atoms in total. The Kier molecular flexibility index (Phi) is 4.49. The molecule has 1 N–H and O–H groups in total. The molecule has 3 heterocycles. The van der Waals surface area contributed by atoms with Gasteiger partial charge >= 0.3 is 0 Å². The van der Waals surface area contributed by atoms with Crippen molar-refractivity contribution in [1.29, 1.82) is 0 Å². The summed E-state index contributed by atoms with van der Waals surface area (Å²) in [4.78, 5) is 20.6. The summed E-state index contributed by atoms with van der Waals surface area (Å²) in [7, 11) is 0. The topological polar surface area (TPSA) is 73.0 Å². The fourth-order valence-electron chi connectivity index (χ4n) is 2.57. The van der Waals surface area contributed by atoms with Crippen LogP contribution in [0, 0.1) is 5.82 Å². The van der Waals surface area contributed by atoms with Crippen LogP contribution in [0.2, 0.25) is 0 Å². The van der Waals surface area contributed by atoms with E-state index in [9.17, 15) is 9.18 Å². The largest absolute Gasteiger partial charge is 0.451 e. The molecule has 1 amide bonds. The maximum atomic E-state index is 13.0. The van der Waals surface area contributed by atoms with Crippen molar-refractivity contribution in [2.24, 2.45) is 0 Å². The Morgan fingerprint density at radius 1 is 1.11 bits per heavy atom. The van der Waals surface area contributed by atoms with Gasteiger partial charge in [-0.1, -0.05) is 6.07 Å². The van der Waals surface area contributed by atoms with Crippen molar-refractivity contribution in [2.75, 3.05) is 0 Å². The van der Waals surface area contributed by atoms with Crippen LogP contribution in [-0.4, -0.2) is 20.4 Å². The molecule has 4 aromatic rings. The zero-order valence-corrected chi connectivity index (χ0v) is 14.2. The quantitative estimate of drug-likeness (QED) is 0.589. The van der Waals surface area contributed by atoms with Gasteiger partial charge in [0.15, 0.2) is 5.76 Å². The van der Waals surface area contributed by atoms with Gasteiger partial charge in [0.05, 0.1) is 0 Å². The smallest absolute Gasteiger partial charge is 0.287 e. The Morgan fingerprint density at radius 3 is 2.67 bits per heavy atom. The Bertz CT molecular complexity index is 1040. The average Bonchev–Trinajstić information content (AvgIpc) is 3.39. The average molecular weight is 362 g/mol. The summed E-state index contributed by atoms with van der Waals surface area (Å²) in [6.07, 6.45) is 6.85. The first kappa shape index (κ1) is 16.7. The van der Waals surface area contributed by atoms with Crippen molar-refractivity contribution in [3.8, 4) is 17.1 Å². The molecular weight excluding hydrogens is 347 g/mol. The number of benzene rings is 1. The summed E-state index contributed by atoms with van der Waals surface area (Å²) in [6, 6.07) is 12.9. The van der Waals surface area contributed by atoms with Crippen LogP contribution in [0.1, 0.15) is 16.1 Å². The van der Waals surface area contributed by atoms with Gasteiger partial charge in [-0.05, 0) is 48.0 Å². The van der Waals surface area contributed by atoms with Crippen LogP contribution < -0.4 is 5.32 Å². The number of nitrogens with zero attached hydrogens (tertiary/aromatic N) is 3. The van der Waals surface area contributed by atoms with E-state index in [0.717, 1.165) is 11.4 Å². The van der Waals surface area contributed by atoms with E-state index < -0.39 is 0 Å². The zero-order valence-electron chi connectivity index (χ0n) is 14.2. The lowest BCUT2D eigenvalue weighted by Gasteiger charge is -2.05. The summed E-state index contributed by atoms with van der Waals surface area (Å²) in [6.45, 7) is 0.322. The minimum absolute atomic E-state index is 0.192. The zero-order chi connectivity index (χ0) is 18.6. The van der Waals surface area contributed by atoms with E-state index in [1.807, 2.05) is 12.1 Å². The number of rotatable bonds is 5. The van der Waals surface area contributed by atoms with Crippen molar-refractivity contribution >= 4 is 5.91 Å². The first-order valence-electron chi connectivity index (χ1n) is 8.26. The molecule has 134 valence electrons. The first-order valence-corrected chi connectivity index (χ1v) is 8.26. The Hall–Kier alpha value is -3.74. The first-order chi connectivity index (χ1) is 13.2. The number of hydrogen-bond acceptors (Lipinski definition) is 4. The molecular formula is C20H15FN4O2. The van der Waals surface area contributed by atoms with Gasteiger partial charge in [-0.2, -0.15) is 0 Å². The van der Waals surface area contributed by atoms with Gasteiger partial charge in [-0.15, -0.1) is 0 Å². The van der Waals surface area contributed by atoms with Crippen LogP contribution in [0.25, 0.3) is 17.1 Å². The SMILES string of the molecule is O=C(NCc1ccc(-n2ccnc2)nc1)c1ccc(-c2ccc(F)cc2)o1. The summed E-state index contributed by atoms with van der Waals surface area (Å²) >= 11 is 0. The summed E-state index contributed by atoms with van der Waals surface area (Å²) in [5.41, 5.74) is 1.56. The molecule has 7 heteroatoms. The van der Waals surface area contributed by atoms with Crippen molar-refractivity contribution in [3.05, 3.63) is 90.6 Å². The Balaban J connectivity index is 1.39. The van der Waals surface area contributed by atoms with Crippen LogP contribution in [0.3, 0.4) is 0 Å². The molecule has 0 aliphatic carbocycles. The second kappa shape index (κ2) is 7.25. The molecule has 1 aromatic carbocycles. The highest BCUT2D eigenvalue weighted by Gasteiger charge is 2.12. The molecule has 0 aliphatic rings. The number of amides is 1. The number of hydrogen-bond donors (Lipinski definition) is 1. The van der Waals surface area contributed by atoms with Crippen LogP contribution in [0.5, 0.6) is 0 Å². The second-order valence-electron chi connectivity index (χ2n) is 5.85. The molecule has 4 rings (SSSR count). The van der Waals surface area contributed by atoms with E-state index in [-0.39, 0.29) is 17.5 Å². The fourth-order valence-corrected chi connectivity index (χ4v) is 2.57.